The van der Waals surface area contributed by atoms with Crippen LogP contribution in [0.15, 0.2) is 24.3 Å². The van der Waals surface area contributed by atoms with Gasteiger partial charge in [-0.3, -0.25) is 0 Å². The van der Waals surface area contributed by atoms with E-state index in [9.17, 15) is 0 Å². The van der Waals surface area contributed by atoms with E-state index in [0.29, 0.717) is 5.02 Å². The fourth-order valence-corrected chi connectivity index (χ4v) is 1.21. The SMILES string of the molecule is CC(CO)(CO)c1ccc(Cl)cc1. The van der Waals surface area contributed by atoms with Crippen LogP contribution in [0.5, 0.6) is 0 Å². The maximum absolute atomic E-state index is 9.12. The Morgan fingerprint density at radius 1 is 1.15 bits per heavy atom. The Bertz CT molecular complexity index is 265. The van der Waals surface area contributed by atoms with E-state index in [2.05, 4.69) is 0 Å². The number of hydrogen-bond donors (Lipinski definition) is 2. The minimum absolute atomic E-state index is 0.0782. The molecule has 0 aliphatic carbocycles. The number of aliphatic hydroxyl groups excluding tert-OH is 2. The second-order valence-electron chi connectivity index (χ2n) is 3.38. The monoisotopic (exact) mass is 200 g/mol. The Morgan fingerprint density at radius 3 is 2.00 bits per heavy atom. The van der Waals surface area contributed by atoms with Gasteiger partial charge in [0, 0.05) is 10.4 Å². The maximum atomic E-state index is 9.12. The van der Waals surface area contributed by atoms with Crippen molar-refractivity contribution in [1.82, 2.24) is 0 Å². The van der Waals surface area contributed by atoms with E-state index in [0.717, 1.165) is 5.56 Å². The van der Waals surface area contributed by atoms with Crippen LogP contribution in [0.3, 0.4) is 0 Å². The molecule has 0 heterocycles. The van der Waals surface area contributed by atoms with Crippen molar-refractivity contribution in [3.05, 3.63) is 34.9 Å². The average Bonchev–Trinajstić information content (AvgIpc) is 2.18. The van der Waals surface area contributed by atoms with Gasteiger partial charge in [0.05, 0.1) is 13.2 Å². The largest absolute Gasteiger partial charge is 0.395 e. The Kier molecular flexibility index (Phi) is 3.31. The summed E-state index contributed by atoms with van der Waals surface area (Å²) in [6, 6.07) is 7.13. The molecule has 1 aromatic rings. The Hall–Kier alpha value is -0.570. The summed E-state index contributed by atoms with van der Waals surface area (Å²) in [6.45, 7) is 1.65. The molecule has 0 saturated heterocycles. The summed E-state index contributed by atoms with van der Waals surface area (Å²) in [5.41, 5.74) is 0.312. The van der Waals surface area contributed by atoms with E-state index in [1.165, 1.54) is 0 Å². The zero-order valence-corrected chi connectivity index (χ0v) is 8.25. The number of halogens is 1. The quantitative estimate of drug-likeness (QED) is 0.778. The van der Waals surface area contributed by atoms with E-state index in [4.69, 9.17) is 21.8 Å². The van der Waals surface area contributed by atoms with Crippen LogP contribution in [0.1, 0.15) is 12.5 Å². The molecule has 2 N–H and O–H groups in total. The molecule has 0 saturated carbocycles. The molecule has 0 aliphatic rings. The highest BCUT2D eigenvalue weighted by Gasteiger charge is 2.24. The summed E-state index contributed by atoms with van der Waals surface area (Å²) in [5.74, 6) is 0. The summed E-state index contributed by atoms with van der Waals surface area (Å²) >= 11 is 5.72. The van der Waals surface area contributed by atoms with Crippen molar-refractivity contribution in [2.75, 3.05) is 13.2 Å². The third-order valence-corrected chi connectivity index (χ3v) is 2.49. The Morgan fingerprint density at radius 2 is 1.62 bits per heavy atom. The molecule has 1 aromatic carbocycles. The van der Waals surface area contributed by atoms with Gasteiger partial charge in [0.25, 0.3) is 0 Å². The van der Waals surface area contributed by atoms with Gasteiger partial charge in [-0.1, -0.05) is 30.7 Å². The highest BCUT2D eigenvalue weighted by Crippen LogP contribution is 2.23. The van der Waals surface area contributed by atoms with Gasteiger partial charge in [-0.05, 0) is 17.7 Å². The first-order valence-electron chi connectivity index (χ1n) is 4.10. The summed E-state index contributed by atoms with van der Waals surface area (Å²) < 4.78 is 0. The van der Waals surface area contributed by atoms with Crippen molar-refractivity contribution in [2.45, 2.75) is 12.3 Å². The van der Waals surface area contributed by atoms with Gasteiger partial charge in [-0.2, -0.15) is 0 Å². The minimum Gasteiger partial charge on any atom is -0.395 e. The third kappa shape index (κ3) is 2.21. The molecule has 0 aromatic heterocycles. The molecule has 0 bridgehead atoms. The van der Waals surface area contributed by atoms with Crippen LogP contribution >= 0.6 is 11.6 Å². The first-order chi connectivity index (χ1) is 6.12. The summed E-state index contributed by atoms with van der Waals surface area (Å²) in [4.78, 5) is 0. The first-order valence-corrected chi connectivity index (χ1v) is 4.48. The van der Waals surface area contributed by atoms with Crippen molar-refractivity contribution in [3.63, 3.8) is 0 Å². The first kappa shape index (κ1) is 10.5. The van der Waals surface area contributed by atoms with Crippen LogP contribution in [0.2, 0.25) is 5.02 Å². The predicted octanol–water partition coefficient (Wildman–Crippen LogP) is 1.58. The molecule has 0 unspecified atom stereocenters. The molecular formula is C10H13ClO2. The van der Waals surface area contributed by atoms with Crippen LogP contribution in [0, 0.1) is 0 Å². The number of rotatable bonds is 3. The lowest BCUT2D eigenvalue weighted by Gasteiger charge is -2.25. The molecule has 0 aliphatic heterocycles. The van der Waals surface area contributed by atoms with Crippen LogP contribution < -0.4 is 0 Å². The molecule has 0 atom stereocenters. The summed E-state index contributed by atoms with van der Waals surface area (Å²) in [7, 11) is 0. The highest BCUT2D eigenvalue weighted by atomic mass is 35.5. The summed E-state index contributed by atoms with van der Waals surface area (Å²) in [6.07, 6.45) is 0. The van der Waals surface area contributed by atoms with Crippen LogP contribution in [0.25, 0.3) is 0 Å². The van der Waals surface area contributed by atoms with Crippen molar-refractivity contribution in [3.8, 4) is 0 Å². The summed E-state index contributed by atoms with van der Waals surface area (Å²) in [5, 5.41) is 18.9. The minimum atomic E-state index is -0.579. The average molecular weight is 201 g/mol. The lowest BCUT2D eigenvalue weighted by Crippen LogP contribution is -2.30. The molecule has 0 spiro atoms. The normalized spacial score (nSPS) is 11.7. The van der Waals surface area contributed by atoms with Crippen LogP contribution in [-0.2, 0) is 5.41 Å². The van der Waals surface area contributed by atoms with Crippen LogP contribution in [0.4, 0.5) is 0 Å². The van der Waals surface area contributed by atoms with Gasteiger partial charge in [-0.25, -0.2) is 0 Å². The van der Waals surface area contributed by atoms with E-state index in [-0.39, 0.29) is 13.2 Å². The van der Waals surface area contributed by atoms with Gasteiger partial charge in [0.2, 0.25) is 0 Å². The van der Waals surface area contributed by atoms with Gasteiger partial charge < -0.3 is 10.2 Å². The topological polar surface area (TPSA) is 40.5 Å². The van der Waals surface area contributed by atoms with Crippen molar-refractivity contribution >= 4 is 11.6 Å². The maximum Gasteiger partial charge on any atom is 0.0547 e. The van der Waals surface area contributed by atoms with E-state index >= 15 is 0 Å². The Labute approximate surface area is 82.8 Å². The number of hydrogen-bond acceptors (Lipinski definition) is 2. The lowest BCUT2D eigenvalue weighted by atomic mass is 9.84. The molecule has 0 radical (unpaired) electrons. The molecule has 2 nitrogen and oxygen atoms in total. The zero-order chi connectivity index (χ0) is 9.90. The van der Waals surface area contributed by atoms with Gasteiger partial charge in [0.1, 0.15) is 0 Å². The standard InChI is InChI=1S/C10H13ClO2/c1-10(6-12,7-13)8-2-4-9(11)5-3-8/h2-5,12-13H,6-7H2,1H3. The molecule has 0 fully saturated rings. The van der Waals surface area contributed by atoms with Crippen molar-refractivity contribution in [1.29, 1.82) is 0 Å². The molecule has 13 heavy (non-hydrogen) atoms. The molecule has 72 valence electrons. The lowest BCUT2D eigenvalue weighted by molar-refractivity contribution is 0.129. The van der Waals surface area contributed by atoms with Gasteiger partial charge in [-0.15, -0.1) is 0 Å². The van der Waals surface area contributed by atoms with Gasteiger partial charge >= 0.3 is 0 Å². The highest BCUT2D eigenvalue weighted by molar-refractivity contribution is 6.30. The number of benzene rings is 1. The molecule has 3 heteroatoms. The van der Waals surface area contributed by atoms with Crippen LogP contribution in [-0.4, -0.2) is 23.4 Å². The van der Waals surface area contributed by atoms with Crippen molar-refractivity contribution in [2.24, 2.45) is 0 Å². The second kappa shape index (κ2) is 4.09. The predicted molar refractivity (Wildman–Crippen MR) is 53.0 cm³/mol. The zero-order valence-electron chi connectivity index (χ0n) is 7.50. The van der Waals surface area contributed by atoms with E-state index in [1.807, 2.05) is 12.1 Å². The number of aliphatic hydroxyl groups is 2. The fraction of sp³-hybridized carbons (Fsp3) is 0.400. The van der Waals surface area contributed by atoms with E-state index in [1.54, 1.807) is 19.1 Å². The fourth-order valence-electron chi connectivity index (χ4n) is 1.08. The Balaban J connectivity index is 2.99. The van der Waals surface area contributed by atoms with E-state index < -0.39 is 5.41 Å². The molecule has 0 amide bonds. The third-order valence-electron chi connectivity index (χ3n) is 2.24. The van der Waals surface area contributed by atoms with Crippen molar-refractivity contribution < 1.29 is 10.2 Å². The smallest absolute Gasteiger partial charge is 0.0547 e. The molecular weight excluding hydrogens is 188 g/mol. The van der Waals surface area contributed by atoms with Gasteiger partial charge in [0.15, 0.2) is 0 Å². The molecule has 1 rings (SSSR count). The second-order valence-corrected chi connectivity index (χ2v) is 3.82.